The zero-order valence-electron chi connectivity index (χ0n) is 40.7. The number of phosphoric acid groups is 1. The second kappa shape index (κ2) is 43.7. The van der Waals surface area contributed by atoms with Gasteiger partial charge in [0.25, 0.3) is 0 Å². The number of quaternary nitrogens is 1. The summed E-state index contributed by atoms with van der Waals surface area (Å²) in [6.45, 7) is 4.79. The van der Waals surface area contributed by atoms with Gasteiger partial charge in [-0.25, -0.2) is 4.57 Å². The normalized spacial score (nSPS) is 14.5. The van der Waals surface area contributed by atoms with E-state index in [2.05, 4.69) is 55.6 Å². The summed E-state index contributed by atoms with van der Waals surface area (Å²) in [4.78, 5) is 23.2. The van der Waals surface area contributed by atoms with Crippen molar-refractivity contribution in [2.45, 2.75) is 238 Å². The Balaban J connectivity index is 4.41. The zero-order valence-corrected chi connectivity index (χ0v) is 41.5. The Labute approximate surface area is 378 Å². The molecule has 0 aliphatic carbocycles. The van der Waals surface area contributed by atoms with E-state index in [0.29, 0.717) is 17.4 Å². The summed E-state index contributed by atoms with van der Waals surface area (Å²) in [6.07, 6.45) is 56.2. The highest BCUT2D eigenvalue weighted by molar-refractivity contribution is 7.47. The maximum absolute atomic E-state index is 12.9. The molecule has 0 fully saturated rings. The molecule has 0 rings (SSSR count). The topological polar surface area (TPSA) is 105 Å². The van der Waals surface area contributed by atoms with Crippen molar-refractivity contribution in [3.05, 3.63) is 48.6 Å². The van der Waals surface area contributed by atoms with E-state index in [0.717, 1.165) is 44.9 Å². The molecule has 0 aliphatic rings. The molecule has 0 aromatic carbocycles. The molecule has 1 amide bonds. The van der Waals surface area contributed by atoms with Crippen LogP contribution in [0.15, 0.2) is 48.6 Å². The van der Waals surface area contributed by atoms with E-state index in [4.69, 9.17) is 9.05 Å². The average molecular weight is 880 g/mol. The van der Waals surface area contributed by atoms with Gasteiger partial charge in [-0.3, -0.25) is 13.8 Å². The van der Waals surface area contributed by atoms with Crippen molar-refractivity contribution in [1.29, 1.82) is 0 Å². The summed E-state index contributed by atoms with van der Waals surface area (Å²) in [5, 5.41) is 13.9. The fourth-order valence-electron chi connectivity index (χ4n) is 7.19. The van der Waals surface area contributed by atoms with E-state index < -0.39 is 20.0 Å². The molecule has 0 heterocycles. The monoisotopic (exact) mass is 880 g/mol. The van der Waals surface area contributed by atoms with E-state index in [1.165, 1.54) is 161 Å². The minimum absolute atomic E-state index is 0.0520. The van der Waals surface area contributed by atoms with Gasteiger partial charge in [0.1, 0.15) is 13.2 Å². The van der Waals surface area contributed by atoms with Crippen LogP contribution in [-0.2, 0) is 18.4 Å². The third-order valence-electron chi connectivity index (χ3n) is 11.2. The first-order valence-electron chi connectivity index (χ1n) is 25.5. The van der Waals surface area contributed by atoms with Gasteiger partial charge in [-0.15, -0.1) is 0 Å². The quantitative estimate of drug-likeness (QED) is 0.0243. The van der Waals surface area contributed by atoms with Crippen LogP contribution in [0.1, 0.15) is 226 Å². The maximum atomic E-state index is 12.9. The highest BCUT2D eigenvalue weighted by Crippen LogP contribution is 2.43. The number of phosphoric ester groups is 1. The lowest BCUT2D eigenvalue weighted by molar-refractivity contribution is -0.870. The molecule has 9 heteroatoms. The second-order valence-electron chi connectivity index (χ2n) is 18.5. The summed E-state index contributed by atoms with van der Waals surface area (Å²) in [5.74, 6) is -0.196. The third kappa shape index (κ3) is 46.3. The molecule has 358 valence electrons. The van der Waals surface area contributed by atoms with Crippen molar-refractivity contribution in [3.63, 3.8) is 0 Å². The third-order valence-corrected chi connectivity index (χ3v) is 12.2. The molecule has 0 aromatic heterocycles. The van der Waals surface area contributed by atoms with Gasteiger partial charge < -0.3 is 19.8 Å². The molecule has 0 aromatic rings. The van der Waals surface area contributed by atoms with Gasteiger partial charge in [0.05, 0.1) is 39.9 Å². The first-order valence-corrected chi connectivity index (χ1v) is 27.0. The number of carbonyl (C=O) groups excluding carboxylic acids is 1. The van der Waals surface area contributed by atoms with Gasteiger partial charge in [0.15, 0.2) is 0 Å². The maximum Gasteiger partial charge on any atom is 0.472 e. The van der Waals surface area contributed by atoms with Crippen LogP contribution in [0.4, 0.5) is 0 Å². The smallest absolute Gasteiger partial charge is 0.387 e. The lowest BCUT2D eigenvalue weighted by Crippen LogP contribution is -2.45. The van der Waals surface area contributed by atoms with Gasteiger partial charge in [-0.2, -0.15) is 0 Å². The van der Waals surface area contributed by atoms with Crippen LogP contribution >= 0.6 is 7.82 Å². The van der Waals surface area contributed by atoms with Crippen molar-refractivity contribution in [1.82, 2.24) is 5.32 Å². The summed E-state index contributed by atoms with van der Waals surface area (Å²) < 4.78 is 23.6. The molecular weight excluding hydrogens is 780 g/mol. The van der Waals surface area contributed by atoms with E-state index in [-0.39, 0.29) is 19.1 Å². The van der Waals surface area contributed by atoms with Crippen LogP contribution < -0.4 is 5.32 Å². The van der Waals surface area contributed by atoms with Gasteiger partial charge >= 0.3 is 7.82 Å². The minimum Gasteiger partial charge on any atom is -0.387 e. The molecule has 3 unspecified atom stereocenters. The number of aliphatic hydroxyl groups excluding tert-OH is 1. The number of hydrogen-bond donors (Lipinski definition) is 3. The number of nitrogens with one attached hydrogen (secondary N) is 1. The fraction of sp³-hybridized carbons (Fsp3) is 0.827. The lowest BCUT2D eigenvalue weighted by atomic mass is 10.1. The number of allylic oxidation sites excluding steroid dienone is 7. The Bertz CT molecular complexity index is 1130. The summed E-state index contributed by atoms with van der Waals surface area (Å²) in [7, 11) is 1.54. The highest BCUT2D eigenvalue weighted by Gasteiger charge is 2.27. The second-order valence-corrected chi connectivity index (χ2v) is 20.0. The molecule has 0 saturated carbocycles. The summed E-state index contributed by atoms with van der Waals surface area (Å²) >= 11 is 0. The first-order chi connectivity index (χ1) is 29.5. The van der Waals surface area contributed by atoms with Gasteiger partial charge in [0, 0.05) is 6.42 Å². The summed E-state index contributed by atoms with van der Waals surface area (Å²) in [6, 6.07) is -0.872. The molecule has 0 bridgehead atoms. The molecule has 61 heavy (non-hydrogen) atoms. The van der Waals surface area contributed by atoms with Crippen LogP contribution in [0, 0.1) is 0 Å². The molecular formula is C52H100N2O6P+. The Hall–Kier alpha value is -1.54. The molecule has 3 N–H and O–H groups in total. The van der Waals surface area contributed by atoms with Gasteiger partial charge in [-0.05, 0) is 70.6 Å². The Morgan fingerprint density at radius 1 is 0.541 bits per heavy atom. The fourth-order valence-corrected chi connectivity index (χ4v) is 7.92. The average Bonchev–Trinajstić information content (AvgIpc) is 3.21. The Morgan fingerprint density at radius 2 is 0.902 bits per heavy atom. The number of unbranched alkanes of at least 4 members (excludes halogenated alkanes) is 27. The number of rotatable bonds is 46. The number of nitrogens with zero attached hydrogens (tertiary/aromatic N) is 1. The van der Waals surface area contributed by atoms with Crippen molar-refractivity contribution in [2.75, 3.05) is 40.9 Å². The van der Waals surface area contributed by atoms with E-state index >= 15 is 0 Å². The first kappa shape index (κ1) is 59.5. The highest BCUT2D eigenvalue weighted by atomic mass is 31.2. The number of carbonyl (C=O) groups is 1. The van der Waals surface area contributed by atoms with Crippen molar-refractivity contribution in [2.24, 2.45) is 0 Å². The molecule has 8 nitrogen and oxygen atoms in total. The van der Waals surface area contributed by atoms with Crippen molar-refractivity contribution < 1.29 is 32.9 Å². The molecule has 0 aliphatic heterocycles. The van der Waals surface area contributed by atoms with Gasteiger partial charge in [-0.1, -0.05) is 197 Å². The number of hydrogen-bond acceptors (Lipinski definition) is 5. The lowest BCUT2D eigenvalue weighted by Gasteiger charge is -2.25. The summed E-state index contributed by atoms with van der Waals surface area (Å²) in [5.41, 5.74) is 0. The molecule has 0 saturated heterocycles. The van der Waals surface area contributed by atoms with Crippen LogP contribution in [0.2, 0.25) is 0 Å². The van der Waals surface area contributed by atoms with E-state index in [1.807, 2.05) is 27.2 Å². The predicted octanol–water partition coefficient (Wildman–Crippen LogP) is 14.8. The SMILES string of the molecule is CCCCCCCCC/C=C\CCCCCCCCCC(=O)NC(COP(=O)(O)OCC[N+](C)(C)C)C(O)/C=C/CC/C=C/CC/C=C/CCCCCCCCCCCCC. The molecule has 0 radical (unpaired) electrons. The van der Waals surface area contributed by atoms with E-state index in [1.54, 1.807) is 6.08 Å². The van der Waals surface area contributed by atoms with Crippen molar-refractivity contribution >= 4 is 13.7 Å². The molecule has 3 atom stereocenters. The number of aliphatic hydroxyl groups is 1. The van der Waals surface area contributed by atoms with Crippen LogP contribution in [0.25, 0.3) is 0 Å². The zero-order chi connectivity index (χ0) is 45.0. The number of likely N-dealkylation sites (N-methyl/N-ethyl adjacent to an activating group) is 1. The van der Waals surface area contributed by atoms with E-state index in [9.17, 15) is 19.4 Å². The molecule has 0 spiro atoms. The van der Waals surface area contributed by atoms with Crippen LogP contribution in [0.5, 0.6) is 0 Å². The van der Waals surface area contributed by atoms with Gasteiger partial charge in [0.2, 0.25) is 5.91 Å². The minimum atomic E-state index is -4.36. The largest absolute Gasteiger partial charge is 0.472 e. The number of amides is 1. The Kier molecular flexibility index (Phi) is 42.6. The Morgan fingerprint density at radius 3 is 1.31 bits per heavy atom. The van der Waals surface area contributed by atoms with Crippen molar-refractivity contribution in [3.8, 4) is 0 Å². The predicted molar refractivity (Wildman–Crippen MR) is 263 cm³/mol. The van der Waals surface area contributed by atoms with Crippen LogP contribution in [-0.4, -0.2) is 73.4 Å². The standard InChI is InChI=1S/C52H99N2O6P/c1-6-8-10-12-14-16-18-20-22-24-26-27-28-29-31-33-35-37-39-41-43-45-51(55)50(49-60-61(57,58)59-48-47-54(3,4)5)53-52(56)46-44-42-40-38-36-34-32-30-25-23-21-19-17-15-13-11-9-7-2/h23,25,28-29,35,37,43,45,50-51,55H,6-22,24,26-27,30-34,36,38-42,44,46-49H2,1-5H3,(H-,53,56,57,58)/p+1/b25-23-,29-28+,37-35+,45-43+. The van der Waals surface area contributed by atoms with Crippen LogP contribution in [0.3, 0.4) is 0 Å².